The van der Waals surface area contributed by atoms with Gasteiger partial charge in [-0.2, -0.15) is 0 Å². The first-order chi connectivity index (χ1) is 15.8. The zero-order chi connectivity index (χ0) is 23.4. The van der Waals surface area contributed by atoms with Gasteiger partial charge in [-0.05, 0) is 48.9 Å². The number of hydrogen-bond donors (Lipinski definition) is 0. The van der Waals surface area contributed by atoms with Gasteiger partial charge in [0.1, 0.15) is 23.1 Å². The number of nitrogens with zero attached hydrogens (tertiary/aromatic N) is 3. The predicted octanol–water partition coefficient (Wildman–Crippen LogP) is 6.00. The summed E-state index contributed by atoms with van der Waals surface area (Å²) >= 11 is 0. The lowest BCUT2D eigenvalue weighted by molar-refractivity contribution is -0.657. The topological polar surface area (TPSA) is 25.2 Å². The summed E-state index contributed by atoms with van der Waals surface area (Å²) in [7, 11) is 2.13. The minimum Gasteiger partial charge on any atom is -0.466 e. The number of aryl methyl sites for hydroxylation is 1. The second kappa shape index (κ2) is 7.98. The highest BCUT2D eigenvalue weighted by Gasteiger charge is 2.41. The molecule has 0 aliphatic carbocycles. The average molecular weight is 438 g/mol. The van der Waals surface area contributed by atoms with Crippen LogP contribution in [-0.2, 0) is 7.05 Å². The van der Waals surface area contributed by atoms with Gasteiger partial charge in [0.2, 0.25) is 0 Å². The number of furan rings is 1. The largest absolute Gasteiger partial charge is 0.466 e. The van der Waals surface area contributed by atoms with Crippen LogP contribution in [0.5, 0.6) is 0 Å². The van der Waals surface area contributed by atoms with Crippen LogP contribution in [-0.4, -0.2) is 11.4 Å². The van der Waals surface area contributed by atoms with Crippen LogP contribution in [0, 0.1) is 0 Å². The number of imidazole rings is 1. The van der Waals surface area contributed by atoms with Crippen molar-refractivity contribution in [3.63, 3.8) is 0 Å². The Labute approximate surface area is 197 Å². The van der Waals surface area contributed by atoms with Crippen molar-refractivity contribution in [1.29, 1.82) is 0 Å². The molecule has 1 aliphatic heterocycles. The van der Waals surface area contributed by atoms with E-state index in [4.69, 9.17) is 4.42 Å². The van der Waals surface area contributed by atoms with E-state index in [0.29, 0.717) is 11.8 Å². The van der Waals surface area contributed by atoms with Gasteiger partial charge in [0, 0.05) is 10.9 Å². The molecule has 0 bridgehead atoms. The summed E-state index contributed by atoms with van der Waals surface area (Å²) in [5.41, 5.74) is 8.43. The fourth-order valence-electron chi connectivity index (χ4n) is 5.30. The maximum atomic E-state index is 6.38. The highest BCUT2D eigenvalue weighted by atomic mass is 16.3. The van der Waals surface area contributed by atoms with Crippen LogP contribution < -0.4 is 15.0 Å². The van der Waals surface area contributed by atoms with Gasteiger partial charge in [-0.3, -0.25) is 4.81 Å². The minimum absolute atomic E-state index is 0.0750. The van der Waals surface area contributed by atoms with Crippen molar-refractivity contribution in [2.75, 3.05) is 4.81 Å². The van der Waals surface area contributed by atoms with Gasteiger partial charge in [0.25, 0.3) is 0 Å². The summed E-state index contributed by atoms with van der Waals surface area (Å²) in [6.07, 6.45) is 6.64. The van der Waals surface area contributed by atoms with E-state index < -0.39 is 0 Å². The molecule has 2 aromatic carbocycles. The molecular weight excluding hydrogens is 405 g/mol. The molecule has 0 fully saturated rings. The summed E-state index contributed by atoms with van der Waals surface area (Å²) in [6.45, 7) is 13.6. The lowest BCUT2D eigenvalue weighted by Gasteiger charge is -2.28. The monoisotopic (exact) mass is 438 g/mol. The molecule has 0 saturated carbocycles. The average Bonchev–Trinajstić information content (AvgIpc) is 3.34. The summed E-state index contributed by atoms with van der Waals surface area (Å²) in [4.78, 5) is 2.41. The number of anilines is 1. The third kappa shape index (κ3) is 3.33. The molecule has 0 radical (unpaired) electrons. The van der Waals surface area contributed by atoms with Gasteiger partial charge in [-0.1, -0.05) is 64.1 Å². The number of fused-ring (bicyclic) bond motifs is 3. The fourth-order valence-corrected chi connectivity index (χ4v) is 5.30. The highest BCUT2D eigenvalue weighted by Crippen LogP contribution is 2.35. The number of hydrogen-bond acceptors (Lipinski definition) is 2. The molecular formula is C28H33BN3O+. The molecule has 0 spiro atoms. The van der Waals surface area contributed by atoms with Crippen molar-refractivity contribution in [2.24, 2.45) is 7.05 Å². The molecule has 0 saturated heterocycles. The normalized spacial score (nSPS) is 13.9. The Morgan fingerprint density at radius 2 is 1.61 bits per heavy atom. The Kier molecular flexibility index (Phi) is 5.23. The minimum atomic E-state index is 0.0750. The van der Waals surface area contributed by atoms with Gasteiger partial charge in [-0.25, -0.2) is 9.13 Å². The Morgan fingerprint density at radius 3 is 2.27 bits per heavy atom. The van der Waals surface area contributed by atoms with E-state index >= 15 is 0 Å². The van der Waals surface area contributed by atoms with E-state index in [1.54, 1.807) is 0 Å². The van der Waals surface area contributed by atoms with Gasteiger partial charge in [0.15, 0.2) is 0 Å². The predicted molar refractivity (Wildman–Crippen MR) is 139 cm³/mol. The summed E-state index contributed by atoms with van der Waals surface area (Å²) in [5, 5.41) is 1.19. The maximum absolute atomic E-state index is 6.38. The Hall–Kier alpha value is -3.21. The van der Waals surface area contributed by atoms with Crippen LogP contribution in [0.3, 0.4) is 0 Å². The van der Waals surface area contributed by atoms with E-state index in [9.17, 15) is 0 Å². The Morgan fingerprint density at radius 1 is 0.939 bits per heavy atom. The van der Waals surface area contributed by atoms with Crippen LogP contribution in [0.4, 0.5) is 5.95 Å². The molecule has 4 nitrogen and oxygen atoms in total. The zero-order valence-electron chi connectivity index (χ0n) is 20.8. The van der Waals surface area contributed by atoms with Crippen molar-refractivity contribution in [1.82, 2.24) is 4.57 Å². The number of para-hydroxylation sites is 2. The van der Waals surface area contributed by atoms with E-state index in [-0.39, 0.29) is 6.85 Å². The van der Waals surface area contributed by atoms with Gasteiger partial charge in [-0.15, -0.1) is 0 Å². The van der Waals surface area contributed by atoms with E-state index in [0.717, 1.165) is 17.2 Å². The van der Waals surface area contributed by atoms with Crippen LogP contribution in [0.1, 0.15) is 63.1 Å². The number of benzene rings is 2. The molecule has 0 unspecified atom stereocenters. The summed E-state index contributed by atoms with van der Waals surface area (Å²) in [6, 6.07) is 15.1. The van der Waals surface area contributed by atoms with E-state index in [1.807, 2.05) is 6.07 Å². The molecule has 5 heteroatoms. The summed E-state index contributed by atoms with van der Waals surface area (Å²) < 4.78 is 11.0. The molecule has 2 aromatic heterocycles. The van der Waals surface area contributed by atoms with Crippen molar-refractivity contribution in [2.45, 2.75) is 53.3 Å². The first-order valence-electron chi connectivity index (χ1n) is 12.0. The quantitative estimate of drug-likeness (QED) is 0.288. The zero-order valence-corrected chi connectivity index (χ0v) is 20.8. The van der Waals surface area contributed by atoms with Crippen LogP contribution in [0.25, 0.3) is 22.7 Å². The lowest BCUT2D eigenvalue weighted by atomic mass is 9.57. The summed E-state index contributed by atoms with van der Waals surface area (Å²) in [5.74, 6) is 1.99. The number of allylic oxidation sites excluding steroid dienone is 1. The smallest absolute Gasteiger partial charge is 0.412 e. The first-order valence-corrected chi connectivity index (χ1v) is 12.0. The molecule has 0 amide bonds. The first kappa shape index (κ1) is 21.6. The lowest BCUT2D eigenvalue weighted by Crippen LogP contribution is -2.52. The van der Waals surface area contributed by atoms with E-state index in [2.05, 4.69) is 117 Å². The number of aromatic nitrogens is 2. The second-order valence-corrected chi connectivity index (χ2v) is 9.88. The fraction of sp³-hybridized carbons (Fsp3) is 0.321. The third-order valence-corrected chi connectivity index (χ3v) is 6.93. The van der Waals surface area contributed by atoms with Crippen LogP contribution >= 0.6 is 0 Å². The van der Waals surface area contributed by atoms with Crippen molar-refractivity contribution in [3.05, 3.63) is 77.2 Å². The molecule has 4 aromatic rings. The van der Waals surface area contributed by atoms with E-state index in [1.165, 1.54) is 33.5 Å². The van der Waals surface area contributed by atoms with Crippen molar-refractivity contribution < 1.29 is 8.98 Å². The third-order valence-electron chi connectivity index (χ3n) is 6.93. The molecule has 3 heterocycles. The SMILES string of the molecule is CB1c2oc3ccccc3c2C=C(C)N1c1n(-c2c(C(C)C)cccc2C(C)C)cc[n+]1C. The molecule has 1 aliphatic rings. The van der Waals surface area contributed by atoms with Crippen LogP contribution in [0.15, 0.2) is 65.0 Å². The maximum Gasteiger partial charge on any atom is 0.412 e. The number of rotatable bonds is 4. The van der Waals surface area contributed by atoms with Crippen molar-refractivity contribution >= 4 is 35.5 Å². The Balaban J connectivity index is 1.73. The van der Waals surface area contributed by atoms with Gasteiger partial charge in [0.05, 0.1) is 18.9 Å². The molecule has 0 N–H and O–H groups in total. The highest BCUT2D eigenvalue weighted by molar-refractivity contribution is 6.76. The van der Waals surface area contributed by atoms with Gasteiger partial charge >= 0.3 is 12.8 Å². The van der Waals surface area contributed by atoms with Crippen LogP contribution in [0.2, 0.25) is 6.82 Å². The standard InChI is InChI=1S/C28H33BN3O/c1-18(2)21-12-10-13-22(19(3)4)26(21)31-16-15-30(7)28(31)32-20(5)17-24-23-11-8-9-14-25(23)33-27(24)29(32)6/h8-19H,1-7H3/q+1. The molecule has 33 heavy (non-hydrogen) atoms. The second-order valence-electron chi connectivity index (χ2n) is 9.88. The Bertz CT molecular complexity index is 1350. The molecule has 168 valence electrons. The molecule has 0 atom stereocenters. The van der Waals surface area contributed by atoms with Gasteiger partial charge < -0.3 is 4.42 Å². The molecule has 5 rings (SSSR count). The van der Waals surface area contributed by atoms with Crippen molar-refractivity contribution in [3.8, 4) is 5.69 Å².